The molecule has 0 aromatic heterocycles. The Morgan fingerprint density at radius 3 is 2.69 bits per heavy atom. The van der Waals surface area contributed by atoms with Gasteiger partial charge in [0.05, 0.1) is 6.61 Å². The fraction of sp³-hybridized carbons (Fsp3) is 0.400. The minimum atomic E-state index is -3.98. The van der Waals surface area contributed by atoms with Gasteiger partial charge in [-0.1, -0.05) is 6.07 Å². The zero-order valence-electron chi connectivity index (χ0n) is 8.32. The molecular formula is C10H10ClFO3S. The van der Waals surface area contributed by atoms with E-state index in [1.165, 1.54) is 12.1 Å². The van der Waals surface area contributed by atoms with Gasteiger partial charge in [0.15, 0.2) is 11.6 Å². The van der Waals surface area contributed by atoms with Gasteiger partial charge in [-0.2, -0.15) is 0 Å². The molecule has 0 unspecified atom stereocenters. The van der Waals surface area contributed by atoms with Gasteiger partial charge < -0.3 is 4.74 Å². The molecule has 1 aromatic rings. The number of halogens is 2. The lowest BCUT2D eigenvalue weighted by molar-refractivity contribution is 0.277. The molecule has 0 bridgehead atoms. The Morgan fingerprint density at radius 1 is 1.44 bits per heavy atom. The molecule has 0 saturated heterocycles. The Labute approximate surface area is 97.6 Å². The summed E-state index contributed by atoms with van der Waals surface area (Å²) in [5.74, 6) is -0.572. The maximum Gasteiger partial charge on any atom is 0.265 e. The fourth-order valence-corrected chi connectivity index (χ4v) is 2.29. The van der Waals surface area contributed by atoms with Gasteiger partial charge in [-0.25, -0.2) is 12.8 Å². The van der Waals surface area contributed by atoms with Gasteiger partial charge in [0.25, 0.3) is 9.05 Å². The van der Waals surface area contributed by atoms with E-state index in [1.54, 1.807) is 0 Å². The monoisotopic (exact) mass is 264 g/mol. The molecule has 2 rings (SSSR count). The third-order valence-electron chi connectivity index (χ3n) is 2.35. The quantitative estimate of drug-likeness (QED) is 0.785. The second-order valence-corrected chi connectivity index (χ2v) is 6.29. The Balaban J connectivity index is 2.31. The molecular weight excluding hydrogens is 255 g/mol. The molecule has 1 fully saturated rings. The van der Waals surface area contributed by atoms with Gasteiger partial charge in [0.2, 0.25) is 0 Å². The van der Waals surface area contributed by atoms with E-state index < -0.39 is 14.9 Å². The summed E-state index contributed by atoms with van der Waals surface area (Å²) in [6.45, 7) is 0.334. The van der Waals surface area contributed by atoms with Crippen LogP contribution in [0.4, 0.5) is 4.39 Å². The minimum Gasteiger partial charge on any atom is -0.489 e. The second kappa shape index (κ2) is 4.22. The highest BCUT2D eigenvalue weighted by molar-refractivity contribution is 8.13. The van der Waals surface area contributed by atoms with Crippen LogP contribution < -0.4 is 4.74 Å². The van der Waals surface area contributed by atoms with Crippen molar-refractivity contribution in [1.29, 1.82) is 0 Å². The van der Waals surface area contributed by atoms with Crippen molar-refractivity contribution in [2.75, 3.05) is 6.61 Å². The zero-order valence-corrected chi connectivity index (χ0v) is 9.89. The van der Waals surface area contributed by atoms with Crippen LogP contribution in [0.1, 0.15) is 12.8 Å². The Hall–Kier alpha value is -0.810. The topological polar surface area (TPSA) is 43.4 Å². The smallest absolute Gasteiger partial charge is 0.265 e. The Morgan fingerprint density at radius 2 is 2.12 bits per heavy atom. The zero-order chi connectivity index (χ0) is 11.8. The molecule has 0 radical (unpaired) electrons. The third kappa shape index (κ3) is 2.65. The normalized spacial score (nSPS) is 16.1. The first-order valence-electron chi connectivity index (χ1n) is 4.84. The van der Waals surface area contributed by atoms with E-state index in [0.29, 0.717) is 12.5 Å². The summed E-state index contributed by atoms with van der Waals surface area (Å²) in [4.78, 5) is -0.310. The molecule has 88 valence electrons. The molecule has 3 nitrogen and oxygen atoms in total. The lowest BCUT2D eigenvalue weighted by Gasteiger charge is -2.09. The first kappa shape index (κ1) is 11.7. The molecule has 0 aliphatic heterocycles. The predicted molar refractivity (Wildman–Crippen MR) is 57.7 cm³/mol. The third-order valence-corrected chi connectivity index (χ3v) is 3.70. The van der Waals surface area contributed by atoms with E-state index in [4.69, 9.17) is 15.4 Å². The summed E-state index contributed by atoms with van der Waals surface area (Å²) in [6.07, 6.45) is 2.08. The summed E-state index contributed by atoms with van der Waals surface area (Å²) < 4.78 is 41.0. The molecule has 0 spiro atoms. The van der Waals surface area contributed by atoms with Gasteiger partial charge in [-0.15, -0.1) is 0 Å². The van der Waals surface area contributed by atoms with Crippen molar-refractivity contribution >= 4 is 19.7 Å². The molecule has 16 heavy (non-hydrogen) atoms. The number of benzene rings is 1. The lowest BCUT2D eigenvalue weighted by atomic mass is 10.3. The molecule has 0 heterocycles. The highest BCUT2D eigenvalue weighted by atomic mass is 35.7. The van der Waals surface area contributed by atoms with Crippen LogP contribution in [-0.2, 0) is 9.05 Å². The first-order valence-corrected chi connectivity index (χ1v) is 7.15. The summed E-state index contributed by atoms with van der Waals surface area (Å²) in [5.41, 5.74) is 0. The van der Waals surface area contributed by atoms with Crippen molar-refractivity contribution in [3.8, 4) is 5.75 Å². The fourth-order valence-electron chi connectivity index (χ4n) is 1.31. The van der Waals surface area contributed by atoms with Crippen molar-refractivity contribution < 1.29 is 17.5 Å². The van der Waals surface area contributed by atoms with Crippen LogP contribution in [0.2, 0.25) is 0 Å². The number of hydrogen-bond donors (Lipinski definition) is 0. The van der Waals surface area contributed by atoms with Crippen molar-refractivity contribution in [2.24, 2.45) is 5.92 Å². The molecule has 0 N–H and O–H groups in total. The van der Waals surface area contributed by atoms with Crippen molar-refractivity contribution in [3.63, 3.8) is 0 Å². The molecule has 1 aliphatic rings. The van der Waals surface area contributed by atoms with Crippen molar-refractivity contribution in [1.82, 2.24) is 0 Å². The summed E-state index contributed by atoms with van der Waals surface area (Å²) in [7, 11) is 1.22. The van der Waals surface area contributed by atoms with Crippen LogP contribution in [-0.4, -0.2) is 15.0 Å². The van der Waals surface area contributed by atoms with E-state index in [-0.39, 0.29) is 10.6 Å². The number of rotatable bonds is 4. The molecule has 0 amide bonds. The van der Waals surface area contributed by atoms with E-state index >= 15 is 0 Å². The van der Waals surface area contributed by atoms with Gasteiger partial charge in [-0.05, 0) is 30.9 Å². The van der Waals surface area contributed by atoms with Gasteiger partial charge in [0, 0.05) is 10.7 Å². The van der Waals surface area contributed by atoms with Crippen LogP contribution in [0.3, 0.4) is 0 Å². The molecule has 6 heteroatoms. The van der Waals surface area contributed by atoms with Crippen molar-refractivity contribution in [3.05, 3.63) is 24.0 Å². The Kier molecular flexibility index (Phi) is 3.08. The maximum atomic E-state index is 13.4. The summed E-state index contributed by atoms with van der Waals surface area (Å²) in [5, 5.41) is 0. The highest BCUT2D eigenvalue weighted by Gasteiger charge is 2.25. The van der Waals surface area contributed by atoms with E-state index in [0.717, 1.165) is 18.9 Å². The SMILES string of the molecule is O=S(=O)(Cl)c1cccc(F)c1OCC1CC1. The maximum absolute atomic E-state index is 13.4. The van der Waals surface area contributed by atoms with Gasteiger partial charge in [0.1, 0.15) is 4.90 Å². The Bertz CT molecular complexity index is 497. The van der Waals surface area contributed by atoms with Crippen LogP contribution in [0, 0.1) is 11.7 Å². The number of hydrogen-bond acceptors (Lipinski definition) is 3. The van der Waals surface area contributed by atoms with E-state index in [2.05, 4.69) is 0 Å². The van der Waals surface area contributed by atoms with E-state index in [1.807, 2.05) is 0 Å². The number of para-hydroxylation sites is 1. The summed E-state index contributed by atoms with van der Waals surface area (Å²) in [6, 6.07) is 3.66. The van der Waals surface area contributed by atoms with Crippen molar-refractivity contribution in [2.45, 2.75) is 17.7 Å². The van der Waals surface area contributed by atoms with Crippen LogP contribution >= 0.6 is 10.7 Å². The first-order chi connectivity index (χ1) is 7.48. The minimum absolute atomic E-state index is 0.274. The van der Waals surface area contributed by atoms with Crippen LogP contribution in [0.25, 0.3) is 0 Å². The molecule has 1 aromatic carbocycles. The van der Waals surface area contributed by atoms with Crippen LogP contribution in [0.15, 0.2) is 23.1 Å². The predicted octanol–water partition coefficient (Wildman–Crippen LogP) is 2.54. The summed E-state index contributed by atoms with van der Waals surface area (Å²) >= 11 is 0. The van der Waals surface area contributed by atoms with Gasteiger partial charge >= 0.3 is 0 Å². The van der Waals surface area contributed by atoms with Crippen LogP contribution in [0.5, 0.6) is 5.75 Å². The molecule has 0 atom stereocenters. The highest BCUT2D eigenvalue weighted by Crippen LogP contribution is 2.33. The van der Waals surface area contributed by atoms with E-state index in [9.17, 15) is 12.8 Å². The second-order valence-electron chi connectivity index (χ2n) is 3.76. The van der Waals surface area contributed by atoms with Gasteiger partial charge in [-0.3, -0.25) is 0 Å². The average Bonchev–Trinajstić information content (AvgIpc) is 2.97. The lowest BCUT2D eigenvalue weighted by Crippen LogP contribution is -2.05. The molecule has 1 aliphatic carbocycles. The largest absolute Gasteiger partial charge is 0.489 e. The standard InChI is InChI=1S/C10H10ClFO3S/c11-16(13,14)9-3-1-2-8(12)10(9)15-6-7-4-5-7/h1-3,7H,4-6H2. The molecule has 1 saturated carbocycles. The number of ether oxygens (including phenoxy) is 1. The average molecular weight is 265 g/mol.